The largest absolute Gasteiger partial charge is 0.496 e. The van der Waals surface area contributed by atoms with Crippen molar-refractivity contribution in [2.24, 2.45) is 0 Å². The van der Waals surface area contributed by atoms with Crippen LogP contribution in [0.3, 0.4) is 0 Å². The standard InChI is InChI=1S/C28H26FN3O3/c1-34-26-7-3-2-5-20(26)16-23-17-21(12-13-30-23)28(33)32-14-4-6-25(32)27-31-18-24(35-27)15-19-8-10-22(29)11-9-19/h2-3,5,7-13,17-18,25H,4,6,14-16H2,1H3. The number of pyridine rings is 1. The molecule has 2 aromatic heterocycles. The van der Waals surface area contributed by atoms with Crippen LogP contribution in [0.2, 0.25) is 0 Å². The van der Waals surface area contributed by atoms with Crippen LogP contribution in [0.5, 0.6) is 5.75 Å². The number of likely N-dealkylation sites (tertiary alicyclic amines) is 1. The summed E-state index contributed by atoms with van der Waals surface area (Å²) in [5.74, 6) is 1.69. The highest BCUT2D eigenvalue weighted by Gasteiger charge is 2.34. The Bertz CT molecular complexity index is 1320. The summed E-state index contributed by atoms with van der Waals surface area (Å²) in [6.07, 6.45) is 6.13. The van der Waals surface area contributed by atoms with Crippen molar-refractivity contribution < 1.29 is 18.3 Å². The molecule has 5 rings (SSSR count). The molecule has 0 N–H and O–H groups in total. The van der Waals surface area contributed by atoms with E-state index in [4.69, 9.17) is 9.15 Å². The molecule has 0 bridgehead atoms. The average Bonchev–Trinajstić information content (AvgIpc) is 3.55. The van der Waals surface area contributed by atoms with Crippen LogP contribution < -0.4 is 4.74 Å². The molecule has 1 aliphatic rings. The van der Waals surface area contributed by atoms with Crippen LogP contribution >= 0.6 is 0 Å². The van der Waals surface area contributed by atoms with Gasteiger partial charge in [-0.15, -0.1) is 0 Å². The number of para-hydroxylation sites is 1. The SMILES string of the molecule is COc1ccccc1Cc1cc(C(=O)N2CCCC2c2ncc(Cc3ccc(F)cc3)o2)ccn1. The number of hydrogen-bond acceptors (Lipinski definition) is 5. The minimum atomic E-state index is -0.269. The van der Waals surface area contributed by atoms with E-state index in [2.05, 4.69) is 9.97 Å². The second kappa shape index (κ2) is 10.1. The first-order valence-corrected chi connectivity index (χ1v) is 11.7. The van der Waals surface area contributed by atoms with Gasteiger partial charge in [-0.2, -0.15) is 0 Å². The van der Waals surface area contributed by atoms with Crippen LogP contribution in [0.25, 0.3) is 0 Å². The van der Waals surface area contributed by atoms with E-state index in [1.165, 1.54) is 12.1 Å². The zero-order chi connectivity index (χ0) is 24.2. The lowest BCUT2D eigenvalue weighted by molar-refractivity contribution is 0.0714. The van der Waals surface area contributed by atoms with Gasteiger partial charge in [0.15, 0.2) is 0 Å². The maximum absolute atomic E-state index is 13.5. The van der Waals surface area contributed by atoms with Gasteiger partial charge in [-0.1, -0.05) is 30.3 Å². The fourth-order valence-corrected chi connectivity index (χ4v) is 4.55. The summed E-state index contributed by atoms with van der Waals surface area (Å²) in [5.41, 5.74) is 3.34. The van der Waals surface area contributed by atoms with Gasteiger partial charge >= 0.3 is 0 Å². The van der Waals surface area contributed by atoms with Crippen LogP contribution in [0.1, 0.15) is 57.7 Å². The summed E-state index contributed by atoms with van der Waals surface area (Å²) < 4.78 is 24.6. The predicted molar refractivity (Wildman–Crippen MR) is 129 cm³/mol. The van der Waals surface area contributed by atoms with Gasteiger partial charge in [-0.05, 0) is 48.7 Å². The maximum atomic E-state index is 13.5. The molecule has 1 fully saturated rings. The van der Waals surface area contributed by atoms with E-state index < -0.39 is 0 Å². The molecule has 1 unspecified atom stereocenters. The summed E-state index contributed by atoms with van der Waals surface area (Å²) in [6, 6.07) is 17.5. The Hall–Kier alpha value is -4.00. The fraction of sp³-hybridized carbons (Fsp3) is 0.250. The second-order valence-corrected chi connectivity index (χ2v) is 8.65. The highest BCUT2D eigenvalue weighted by atomic mass is 19.1. The Morgan fingerprint density at radius 3 is 2.77 bits per heavy atom. The number of hydrogen-bond donors (Lipinski definition) is 0. The molecule has 6 nitrogen and oxygen atoms in total. The van der Waals surface area contributed by atoms with Gasteiger partial charge < -0.3 is 14.1 Å². The van der Waals surface area contributed by atoms with Crippen molar-refractivity contribution in [2.45, 2.75) is 31.7 Å². The minimum absolute atomic E-state index is 0.0607. The fourth-order valence-electron chi connectivity index (χ4n) is 4.55. The molecule has 3 heterocycles. The molecule has 1 aliphatic heterocycles. The molecular weight excluding hydrogens is 445 g/mol. The first-order valence-electron chi connectivity index (χ1n) is 11.7. The number of oxazole rings is 1. The average molecular weight is 472 g/mol. The molecule has 1 amide bonds. The van der Waals surface area contributed by atoms with Crippen molar-refractivity contribution in [3.63, 3.8) is 0 Å². The van der Waals surface area contributed by atoms with E-state index in [9.17, 15) is 9.18 Å². The summed E-state index contributed by atoms with van der Waals surface area (Å²) in [6.45, 7) is 0.642. The number of carbonyl (C=O) groups excluding carboxylic acids is 1. The van der Waals surface area contributed by atoms with E-state index in [0.29, 0.717) is 36.6 Å². The Kier molecular flexibility index (Phi) is 6.57. The number of carbonyl (C=O) groups is 1. The molecule has 178 valence electrons. The third-order valence-electron chi connectivity index (χ3n) is 6.29. The number of rotatable bonds is 7. The Labute approximate surface area is 203 Å². The van der Waals surface area contributed by atoms with Gasteiger partial charge in [0.1, 0.15) is 23.4 Å². The summed E-state index contributed by atoms with van der Waals surface area (Å²) in [4.78, 5) is 24.2. The van der Waals surface area contributed by atoms with E-state index in [0.717, 1.165) is 35.4 Å². The number of amides is 1. The zero-order valence-electron chi connectivity index (χ0n) is 19.5. The number of nitrogens with zero attached hydrogens (tertiary/aromatic N) is 3. The first kappa shape index (κ1) is 22.8. The molecule has 4 aromatic rings. The molecule has 0 aliphatic carbocycles. The Morgan fingerprint density at radius 1 is 1.11 bits per heavy atom. The second-order valence-electron chi connectivity index (χ2n) is 8.65. The molecule has 1 saturated heterocycles. The van der Waals surface area contributed by atoms with Crippen molar-refractivity contribution in [1.82, 2.24) is 14.9 Å². The molecule has 0 spiro atoms. The Morgan fingerprint density at radius 2 is 1.94 bits per heavy atom. The topological polar surface area (TPSA) is 68.5 Å². The van der Waals surface area contributed by atoms with Crippen molar-refractivity contribution in [3.05, 3.63) is 113 Å². The van der Waals surface area contributed by atoms with Crippen molar-refractivity contribution in [3.8, 4) is 5.75 Å². The van der Waals surface area contributed by atoms with Gasteiger partial charge in [0.2, 0.25) is 5.89 Å². The number of methoxy groups -OCH3 is 1. The van der Waals surface area contributed by atoms with Crippen LogP contribution in [0.15, 0.2) is 77.5 Å². The molecule has 0 radical (unpaired) electrons. The van der Waals surface area contributed by atoms with Gasteiger partial charge in [0.25, 0.3) is 5.91 Å². The number of ether oxygens (including phenoxy) is 1. The van der Waals surface area contributed by atoms with E-state index in [1.807, 2.05) is 35.2 Å². The summed E-state index contributed by atoms with van der Waals surface area (Å²) in [7, 11) is 1.65. The lowest BCUT2D eigenvalue weighted by Crippen LogP contribution is -2.30. The van der Waals surface area contributed by atoms with Gasteiger partial charge in [0.05, 0.1) is 13.3 Å². The molecule has 7 heteroatoms. The van der Waals surface area contributed by atoms with Crippen LogP contribution in [0.4, 0.5) is 4.39 Å². The minimum Gasteiger partial charge on any atom is -0.496 e. The number of aromatic nitrogens is 2. The maximum Gasteiger partial charge on any atom is 0.254 e. The van der Waals surface area contributed by atoms with Crippen molar-refractivity contribution >= 4 is 5.91 Å². The van der Waals surface area contributed by atoms with Crippen LogP contribution in [0, 0.1) is 5.82 Å². The summed E-state index contributed by atoms with van der Waals surface area (Å²) in [5, 5.41) is 0. The normalized spacial score (nSPS) is 15.4. The van der Waals surface area contributed by atoms with Gasteiger partial charge in [-0.3, -0.25) is 9.78 Å². The number of halogens is 1. The van der Waals surface area contributed by atoms with Crippen molar-refractivity contribution in [1.29, 1.82) is 0 Å². The van der Waals surface area contributed by atoms with E-state index >= 15 is 0 Å². The monoisotopic (exact) mass is 471 g/mol. The number of benzene rings is 2. The molecule has 2 aromatic carbocycles. The molecule has 35 heavy (non-hydrogen) atoms. The summed E-state index contributed by atoms with van der Waals surface area (Å²) >= 11 is 0. The third kappa shape index (κ3) is 5.09. The highest BCUT2D eigenvalue weighted by Crippen LogP contribution is 2.33. The predicted octanol–water partition coefficient (Wildman–Crippen LogP) is 5.38. The smallest absolute Gasteiger partial charge is 0.254 e. The van der Waals surface area contributed by atoms with Crippen LogP contribution in [-0.2, 0) is 12.8 Å². The quantitative estimate of drug-likeness (QED) is 0.362. The lowest BCUT2D eigenvalue weighted by Gasteiger charge is -2.22. The molecule has 0 saturated carbocycles. The zero-order valence-corrected chi connectivity index (χ0v) is 19.5. The molecular formula is C28H26FN3O3. The lowest BCUT2D eigenvalue weighted by atomic mass is 10.1. The Balaban J connectivity index is 1.31. The van der Waals surface area contributed by atoms with Crippen molar-refractivity contribution in [2.75, 3.05) is 13.7 Å². The first-order chi connectivity index (χ1) is 17.1. The molecule has 1 atom stereocenters. The van der Waals surface area contributed by atoms with E-state index in [1.54, 1.807) is 37.7 Å². The van der Waals surface area contributed by atoms with E-state index in [-0.39, 0.29) is 17.8 Å². The van der Waals surface area contributed by atoms with Gasteiger partial charge in [0, 0.05) is 42.4 Å². The third-order valence-corrected chi connectivity index (χ3v) is 6.29. The highest BCUT2D eigenvalue weighted by molar-refractivity contribution is 5.94. The van der Waals surface area contributed by atoms with Crippen LogP contribution in [-0.4, -0.2) is 34.4 Å². The van der Waals surface area contributed by atoms with Gasteiger partial charge in [-0.25, -0.2) is 9.37 Å².